The minimum absolute atomic E-state index is 0.0215. The van der Waals surface area contributed by atoms with Crippen LogP contribution in [0.4, 0.5) is 0 Å². The number of hydrogen-bond acceptors (Lipinski definition) is 5. The summed E-state index contributed by atoms with van der Waals surface area (Å²) in [5.74, 6) is 1.33. The van der Waals surface area contributed by atoms with Crippen LogP contribution < -0.4 is 24.4 Å². The number of nitrogens with zero attached hydrogens (tertiary/aromatic N) is 2. The lowest BCUT2D eigenvalue weighted by atomic mass is 9.83. The first-order chi connectivity index (χ1) is 17.7. The number of allylic oxidation sites excluding steroid dienone is 1. The van der Waals surface area contributed by atoms with Gasteiger partial charge in [-0.3, -0.25) is 9.36 Å². The zero-order valence-electron chi connectivity index (χ0n) is 20.2. The molecule has 0 amide bonds. The molecule has 0 saturated carbocycles. The van der Waals surface area contributed by atoms with Crippen molar-refractivity contribution in [3.8, 4) is 11.5 Å². The summed E-state index contributed by atoms with van der Waals surface area (Å²) in [5.41, 5.74) is 6.68. The van der Waals surface area contributed by atoms with Crippen LogP contribution >= 0.6 is 11.3 Å². The first-order valence-corrected chi connectivity index (χ1v) is 13.0. The van der Waals surface area contributed by atoms with Crippen molar-refractivity contribution in [3.05, 3.63) is 120 Å². The molecule has 0 N–H and O–H groups in total. The molecule has 0 spiro atoms. The SMILES string of the molecule is CCOc1cc(C=c2sc3n(c2=O)[C@H](c2ccccc2)C2=C(N=3)c3ccccc3CC2)ccc1OC. The van der Waals surface area contributed by atoms with Gasteiger partial charge in [0.25, 0.3) is 5.56 Å². The Balaban J connectivity index is 1.56. The fourth-order valence-electron chi connectivity index (χ4n) is 5.16. The van der Waals surface area contributed by atoms with Crippen LogP contribution in [0.25, 0.3) is 11.8 Å². The Morgan fingerprint density at radius 2 is 1.83 bits per heavy atom. The van der Waals surface area contributed by atoms with Gasteiger partial charge in [0.15, 0.2) is 16.3 Å². The monoisotopic (exact) mass is 494 g/mol. The molecule has 5 nitrogen and oxygen atoms in total. The van der Waals surface area contributed by atoms with Crippen LogP contribution in [0.2, 0.25) is 0 Å². The van der Waals surface area contributed by atoms with Crippen molar-refractivity contribution in [1.82, 2.24) is 4.57 Å². The molecule has 0 fully saturated rings. The fraction of sp³-hybridized carbons (Fsp3) is 0.200. The van der Waals surface area contributed by atoms with Gasteiger partial charge in [0.2, 0.25) is 0 Å². The number of methoxy groups -OCH3 is 1. The van der Waals surface area contributed by atoms with Crippen LogP contribution in [0, 0.1) is 0 Å². The topological polar surface area (TPSA) is 52.8 Å². The maximum absolute atomic E-state index is 13.9. The lowest BCUT2D eigenvalue weighted by molar-refractivity contribution is 0.311. The molecule has 1 aromatic heterocycles. The van der Waals surface area contributed by atoms with Crippen molar-refractivity contribution in [2.45, 2.75) is 25.8 Å². The molecule has 0 radical (unpaired) electrons. The van der Waals surface area contributed by atoms with E-state index in [1.54, 1.807) is 7.11 Å². The van der Waals surface area contributed by atoms with Crippen LogP contribution in [0.3, 0.4) is 0 Å². The van der Waals surface area contributed by atoms with E-state index in [1.165, 1.54) is 28.0 Å². The van der Waals surface area contributed by atoms with Gasteiger partial charge in [-0.15, -0.1) is 0 Å². The molecule has 0 saturated heterocycles. The molecular formula is C30H26N2O3S. The number of aryl methyl sites for hydroxylation is 1. The van der Waals surface area contributed by atoms with E-state index < -0.39 is 0 Å². The normalized spacial score (nSPS) is 16.6. The average molecular weight is 495 g/mol. The Kier molecular flexibility index (Phi) is 5.82. The van der Waals surface area contributed by atoms with Gasteiger partial charge in [-0.2, -0.15) is 0 Å². The molecule has 6 rings (SSSR count). The van der Waals surface area contributed by atoms with Crippen LogP contribution in [0.5, 0.6) is 11.5 Å². The second-order valence-electron chi connectivity index (χ2n) is 8.87. The van der Waals surface area contributed by atoms with E-state index in [0.29, 0.717) is 22.6 Å². The summed E-state index contributed by atoms with van der Waals surface area (Å²) in [6, 6.07) is 24.3. The second-order valence-corrected chi connectivity index (χ2v) is 9.88. The Bertz CT molecular complexity index is 1660. The molecule has 4 aromatic rings. The van der Waals surface area contributed by atoms with E-state index >= 15 is 0 Å². The van der Waals surface area contributed by atoms with Gasteiger partial charge in [-0.1, -0.05) is 72.0 Å². The average Bonchev–Trinajstić information content (AvgIpc) is 3.22. The number of fused-ring (bicyclic) bond motifs is 3. The second kappa shape index (κ2) is 9.28. The number of rotatable bonds is 5. The van der Waals surface area contributed by atoms with E-state index in [-0.39, 0.29) is 11.6 Å². The molecule has 36 heavy (non-hydrogen) atoms. The highest BCUT2D eigenvalue weighted by atomic mass is 32.1. The third kappa shape index (κ3) is 3.78. The Labute approximate surface area is 213 Å². The number of hydrogen-bond donors (Lipinski definition) is 0. The third-order valence-corrected chi connectivity index (χ3v) is 7.76. The summed E-state index contributed by atoms with van der Waals surface area (Å²) >= 11 is 1.44. The van der Waals surface area contributed by atoms with Crippen molar-refractivity contribution in [2.24, 2.45) is 4.99 Å². The van der Waals surface area contributed by atoms with E-state index in [0.717, 1.165) is 34.5 Å². The largest absolute Gasteiger partial charge is 0.493 e. The summed E-state index contributed by atoms with van der Waals surface area (Å²) in [6.45, 7) is 2.47. The quantitative estimate of drug-likeness (QED) is 0.403. The summed E-state index contributed by atoms with van der Waals surface area (Å²) < 4.78 is 13.7. The summed E-state index contributed by atoms with van der Waals surface area (Å²) in [7, 11) is 1.62. The first-order valence-electron chi connectivity index (χ1n) is 12.2. The van der Waals surface area contributed by atoms with Crippen molar-refractivity contribution in [1.29, 1.82) is 0 Å². The summed E-state index contributed by atoms with van der Waals surface area (Å²) in [4.78, 5) is 19.7. The van der Waals surface area contributed by atoms with Crippen molar-refractivity contribution >= 4 is 23.1 Å². The van der Waals surface area contributed by atoms with Gasteiger partial charge in [0.1, 0.15) is 0 Å². The van der Waals surface area contributed by atoms with Gasteiger partial charge in [0, 0.05) is 5.56 Å². The van der Waals surface area contributed by atoms with Crippen molar-refractivity contribution in [3.63, 3.8) is 0 Å². The molecule has 3 aromatic carbocycles. The van der Waals surface area contributed by atoms with Gasteiger partial charge >= 0.3 is 0 Å². The first kappa shape index (κ1) is 22.6. The predicted molar refractivity (Wildman–Crippen MR) is 143 cm³/mol. The van der Waals surface area contributed by atoms with E-state index in [2.05, 4.69) is 36.4 Å². The Morgan fingerprint density at radius 3 is 2.64 bits per heavy atom. The van der Waals surface area contributed by atoms with E-state index in [4.69, 9.17) is 14.5 Å². The maximum atomic E-state index is 13.9. The highest BCUT2D eigenvalue weighted by Gasteiger charge is 2.32. The lowest BCUT2D eigenvalue weighted by Gasteiger charge is -2.30. The molecule has 2 heterocycles. The van der Waals surface area contributed by atoms with E-state index in [1.807, 2.05) is 54.0 Å². The molecule has 2 aliphatic rings. The third-order valence-electron chi connectivity index (χ3n) is 6.77. The van der Waals surface area contributed by atoms with Gasteiger partial charge in [0.05, 0.1) is 30.0 Å². The standard InChI is InChI=1S/C30H26N2O3S/c1-3-35-25-17-19(13-16-24(25)34-2)18-26-29(33)32-28(21-10-5-4-6-11-21)23-15-14-20-9-7-8-12-22(20)27(23)31-30(32)36-26/h4-13,16-18,28H,3,14-15H2,1-2H3/t28-/m1/s1. The zero-order chi connectivity index (χ0) is 24.6. The van der Waals surface area contributed by atoms with Crippen molar-refractivity contribution < 1.29 is 9.47 Å². The van der Waals surface area contributed by atoms with Gasteiger partial charge in [-0.05, 0) is 60.2 Å². The summed E-state index contributed by atoms with van der Waals surface area (Å²) in [6.07, 6.45) is 3.75. The molecular weight excluding hydrogens is 468 g/mol. The highest BCUT2D eigenvalue weighted by Crippen LogP contribution is 2.41. The maximum Gasteiger partial charge on any atom is 0.271 e. The van der Waals surface area contributed by atoms with Crippen LogP contribution in [0.1, 0.15) is 41.6 Å². The number of aromatic nitrogens is 1. The molecule has 1 aliphatic carbocycles. The molecule has 1 atom stereocenters. The molecule has 180 valence electrons. The molecule has 6 heteroatoms. The molecule has 0 unspecified atom stereocenters. The number of ether oxygens (including phenoxy) is 2. The summed E-state index contributed by atoms with van der Waals surface area (Å²) in [5, 5.41) is 0. The molecule has 1 aliphatic heterocycles. The minimum atomic E-state index is -0.164. The Morgan fingerprint density at radius 1 is 1.03 bits per heavy atom. The smallest absolute Gasteiger partial charge is 0.271 e. The van der Waals surface area contributed by atoms with Crippen LogP contribution in [-0.4, -0.2) is 18.3 Å². The Hall–Kier alpha value is -3.90. The minimum Gasteiger partial charge on any atom is -0.493 e. The lowest BCUT2D eigenvalue weighted by Crippen LogP contribution is -2.38. The van der Waals surface area contributed by atoms with Gasteiger partial charge < -0.3 is 9.47 Å². The zero-order valence-corrected chi connectivity index (χ0v) is 21.0. The molecule has 0 bridgehead atoms. The highest BCUT2D eigenvalue weighted by molar-refractivity contribution is 7.07. The number of benzene rings is 3. The van der Waals surface area contributed by atoms with Crippen LogP contribution in [-0.2, 0) is 6.42 Å². The van der Waals surface area contributed by atoms with Crippen molar-refractivity contribution in [2.75, 3.05) is 13.7 Å². The predicted octanol–water partition coefficient (Wildman–Crippen LogP) is 4.73. The van der Waals surface area contributed by atoms with Crippen LogP contribution in [0.15, 0.2) is 88.2 Å². The van der Waals surface area contributed by atoms with Gasteiger partial charge in [-0.25, -0.2) is 4.99 Å². The fourth-order valence-corrected chi connectivity index (χ4v) is 6.16. The van der Waals surface area contributed by atoms with E-state index in [9.17, 15) is 4.79 Å². The number of thiazole rings is 1.